The molecule has 1 aliphatic carbocycles. The van der Waals surface area contributed by atoms with Crippen LogP contribution >= 0.6 is 11.8 Å². The van der Waals surface area contributed by atoms with E-state index in [1.54, 1.807) is 12.1 Å². The molecule has 0 radical (unpaired) electrons. The lowest BCUT2D eigenvalue weighted by atomic mass is 9.77. The highest BCUT2D eigenvalue weighted by molar-refractivity contribution is 7.99. The molecule has 2 aromatic rings. The first-order chi connectivity index (χ1) is 14.0. The van der Waals surface area contributed by atoms with E-state index in [4.69, 9.17) is 4.98 Å². The third kappa shape index (κ3) is 3.96. The highest BCUT2D eigenvalue weighted by Gasteiger charge is 2.37. The van der Waals surface area contributed by atoms with Crippen molar-refractivity contribution in [1.82, 2.24) is 9.97 Å². The number of aliphatic hydroxyl groups is 1. The van der Waals surface area contributed by atoms with E-state index < -0.39 is 5.82 Å². The Morgan fingerprint density at radius 2 is 1.93 bits per heavy atom. The Hall–Kier alpha value is -2.17. The van der Waals surface area contributed by atoms with Crippen molar-refractivity contribution in [3.05, 3.63) is 41.0 Å². The third-order valence-electron chi connectivity index (χ3n) is 6.31. The Bertz CT molecular complexity index is 943. The fourth-order valence-electron chi connectivity index (χ4n) is 4.60. The number of piperidine rings is 1. The summed E-state index contributed by atoms with van der Waals surface area (Å²) in [5, 5.41) is 19.8. The van der Waals surface area contributed by atoms with E-state index in [2.05, 4.69) is 9.88 Å². The van der Waals surface area contributed by atoms with Gasteiger partial charge in [0.1, 0.15) is 28.2 Å². The summed E-state index contributed by atoms with van der Waals surface area (Å²) in [6, 6.07) is 6.47. The highest BCUT2D eigenvalue weighted by Crippen LogP contribution is 2.46. The molecule has 7 heteroatoms. The summed E-state index contributed by atoms with van der Waals surface area (Å²) < 4.78 is 13.9. The highest BCUT2D eigenvalue weighted by atomic mass is 32.2. The van der Waals surface area contributed by atoms with Crippen LogP contribution in [0.5, 0.6) is 0 Å². The van der Waals surface area contributed by atoms with E-state index in [0.717, 1.165) is 24.6 Å². The lowest BCUT2D eigenvalue weighted by Gasteiger charge is -2.40. The van der Waals surface area contributed by atoms with Gasteiger partial charge in [-0.25, -0.2) is 14.4 Å². The van der Waals surface area contributed by atoms with Gasteiger partial charge in [-0.2, -0.15) is 5.26 Å². The molecular formula is C22H25FN4OS. The van der Waals surface area contributed by atoms with Crippen molar-refractivity contribution in [2.75, 3.05) is 18.0 Å². The van der Waals surface area contributed by atoms with Gasteiger partial charge in [-0.3, -0.25) is 0 Å². The zero-order valence-corrected chi connectivity index (χ0v) is 17.4. The molecule has 1 saturated carbocycles. The predicted octanol–water partition coefficient (Wildman–Crippen LogP) is 4.60. The van der Waals surface area contributed by atoms with Gasteiger partial charge in [0, 0.05) is 18.0 Å². The molecule has 0 bridgehead atoms. The van der Waals surface area contributed by atoms with Gasteiger partial charge in [-0.1, -0.05) is 30.7 Å². The molecule has 0 amide bonds. The second-order valence-electron chi connectivity index (χ2n) is 8.06. The predicted molar refractivity (Wildman–Crippen MR) is 110 cm³/mol. The first-order valence-electron chi connectivity index (χ1n) is 10.1. The van der Waals surface area contributed by atoms with Crippen molar-refractivity contribution in [3.8, 4) is 6.07 Å². The fraction of sp³-hybridized carbons (Fsp3) is 0.500. The molecular weight excluding hydrogens is 387 g/mol. The molecule has 1 N–H and O–H groups in total. The first-order valence-corrected chi connectivity index (χ1v) is 11.0. The Morgan fingerprint density at radius 1 is 1.21 bits per heavy atom. The minimum Gasteiger partial charge on any atom is -0.390 e. The van der Waals surface area contributed by atoms with Crippen LogP contribution in [0.25, 0.3) is 0 Å². The Kier molecular flexibility index (Phi) is 5.75. The van der Waals surface area contributed by atoms with Crippen LogP contribution in [-0.4, -0.2) is 28.2 Å². The zero-order valence-electron chi connectivity index (χ0n) is 16.6. The van der Waals surface area contributed by atoms with Gasteiger partial charge in [-0.15, -0.1) is 0 Å². The van der Waals surface area contributed by atoms with E-state index in [-0.39, 0.29) is 12.2 Å². The van der Waals surface area contributed by atoms with Crippen LogP contribution in [0.4, 0.5) is 10.2 Å². The second kappa shape index (κ2) is 8.29. The number of aliphatic hydroxyl groups excluding tert-OH is 1. The molecule has 152 valence electrons. The molecule has 1 spiro atoms. The average molecular weight is 413 g/mol. The van der Waals surface area contributed by atoms with Crippen molar-refractivity contribution in [3.63, 3.8) is 0 Å². The molecule has 1 aliphatic heterocycles. The Balaban J connectivity index is 1.58. The number of aryl methyl sites for hydroxylation is 1. The number of benzene rings is 1. The van der Waals surface area contributed by atoms with E-state index in [9.17, 15) is 14.8 Å². The Morgan fingerprint density at radius 3 is 2.59 bits per heavy atom. The van der Waals surface area contributed by atoms with Crippen molar-refractivity contribution < 1.29 is 9.50 Å². The van der Waals surface area contributed by atoms with E-state index in [0.29, 0.717) is 21.0 Å². The van der Waals surface area contributed by atoms with Crippen LogP contribution in [0.15, 0.2) is 28.1 Å². The molecule has 29 heavy (non-hydrogen) atoms. The monoisotopic (exact) mass is 412 g/mol. The summed E-state index contributed by atoms with van der Waals surface area (Å²) in [6.45, 7) is 3.55. The number of nitriles is 1. The maximum atomic E-state index is 13.9. The van der Waals surface area contributed by atoms with Crippen LogP contribution in [0.1, 0.15) is 55.5 Å². The molecule has 1 aromatic carbocycles. The number of rotatable bonds is 4. The van der Waals surface area contributed by atoms with Crippen LogP contribution in [0.2, 0.25) is 0 Å². The maximum absolute atomic E-state index is 13.9. The van der Waals surface area contributed by atoms with Crippen LogP contribution in [0.3, 0.4) is 0 Å². The van der Waals surface area contributed by atoms with Gasteiger partial charge in [0.25, 0.3) is 0 Å². The van der Waals surface area contributed by atoms with Crippen molar-refractivity contribution in [2.24, 2.45) is 5.41 Å². The summed E-state index contributed by atoms with van der Waals surface area (Å²) in [5.41, 5.74) is 1.78. The van der Waals surface area contributed by atoms with Crippen molar-refractivity contribution in [2.45, 2.75) is 62.0 Å². The summed E-state index contributed by atoms with van der Waals surface area (Å²) in [7, 11) is 0. The summed E-state index contributed by atoms with van der Waals surface area (Å²) in [4.78, 5) is 12.1. The summed E-state index contributed by atoms with van der Waals surface area (Å²) in [6.07, 6.45) is 7.70. The molecule has 4 rings (SSSR count). The van der Waals surface area contributed by atoms with E-state index in [1.807, 2.05) is 13.0 Å². The second-order valence-corrected chi connectivity index (χ2v) is 9.09. The van der Waals surface area contributed by atoms with Gasteiger partial charge in [-0.05, 0) is 50.2 Å². The summed E-state index contributed by atoms with van der Waals surface area (Å²) in [5.74, 6) is 0.207. The first kappa shape index (κ1) is 20.1. The fourth-order valence-corrected chi connectivity index (χ4v) is 5.55. The molecule has 0 atom stereocenters. The van der Waals surface area contributed by atoms with E-state index >= 15 is 0 Å². The van der Waals surface area contributed by atoms with Gasteiger partial charge in [0.15, 0.2) is 5.82 Å². The van der Waals surface area contributed by atoms with E-state index in [1.165, 1.54) is 56.4 Å². The van der Waals surface area contributed by atoms with Gasteiger partial charge in [0.05, 0.1) is 12.3 Å². The Labute approximate surface area is 175 Å². The van der Waals surface area contributed by atoms with Gasteiger partial charge >= 0.3 is 0 Å². The average Bonchev–Trinajstić information content (AvgIpc) is 3.18. The minimum absolute atomic E-state index is 0.00576. The summed E-state index contributed by atoms with van der Waals surface area (Å²) >= 11 is 1.21. The third-order valence-corrected chi connectivity index (χ3v) is 7.45. The molecule has 2 fully saturated rings. The molecule has 2 aliphatic rings. The van der Waals surface area contributed by atoms with Crippen molar-refractivity contribution in [1.29, 1.82) is 5.26 Å². The largest absolute Gasteiger partial charge is 0.390 e. The number of anilines is 1. The quantitative estimate of drug-likeness (QED) is 0.791. The number of aromatic nitrogens is 2. The number of hydrogen-bond acceptors (Lipinski definition) is 6. The number of halogens is 1. The normalized spacial score (nSPS) is 18.2. The minimum atomic E-state index is -0.545. The van der Waals surface area contributed by atoms with Gasteiger partial charge in [0.2, 0.25) is 0 Å². The topological polar surface area (TPSA) is 73.0 Å². The van der Waals surface area contributed by atoms with Crippen LogP contribution in [-0.2, 0) is 6.61 Å². The molecule has 2 heterocycles. The van der Waals surface area contributed by atoms with Crippen molar-refractivity contribution >= 4 is 17.6 Å². The standard InChI is InChI=1S/C22H25FN4OS/c1-15-21(29-19-6-4-5-17(23)16(19)13-24)26-18(14-28)20(25-15)27-11-9-22(10-12-27)7-2-3-8-22/h4-6,28H,2-3,7-12,14H2,1H3. The molecule has 1 saturated heterocycles. The lowest BCUT2D eigenvalue weighted by Crippen LogP contribution is -2.40. The molecule has 5 nitrogen and oxygen atoms in total. The van der Waals surface area contributed by atoms with Crippen LogP contribution in [0, 0.1) is 29.5 Å². The maximum Gasteiger partial charge on any atom is 0.153 e. The SMILES string of the molecule is Cc1nc(N2CCC3(CCCC3)CC2)c(CO)nc1Sc1cccc(F)c1C#N. The molecule has 0 unspecified atom stereocenters. The molecule has 1 aromatic heterocycles. The van der Waals surface area contributed by atoms with Gasteiger partial charge < -0.3 is 10.0 Å². The van der Waals surface area contributed by atoms with Crippen LogP contribution < -0.4 is 4.90 Å². The smallest absolute Gasteiger partial charge is 0.153 e. The zero-order chi connectivity index (χ0) is 20.4. The number of nitrogens with zero attached hydrogens (tertiary/aromatic N) is 4. The lowest BCUT2D eigenvalue weighted by molar-refractivity contribution is 0.224. The number of hydrogen-bond donors (Lipinski definition) is 1.